The van der Waals surface area contributed by atoms with E-state index in [4.69, 9.17) is 14.0 Å². The Morgan fingerprint density at radius 1 is 1.12 bits per heavy atom. The summed E-state index contributed by atoms with van der Waals surface area (Å²) < 4.78 is 31.7. The van der Waals surface area contributed by atoms with Crippen molar-refractivity contribution in [3.63, 3.8) is 0 Å². The van der Waals surface area contributed by atoms with Gasteiger partial charge in [0.05, 0.1) is 31.5 Å². The smallest absolute Gasteiger partial charge is 0.232 e. The Bertz CT molecular complexity index is 867. The van der Waals surface area contributed by atoms with Gasteiger partial charge < -0.3 is 24.0 Å². The molecule has 2 aromatic rings. The maximum atomic E-state index is 14.7. The summed E-state index contributed by atoms with van der Waals surface area (Å²) in [6.45, 7) is 13.8. The second kappa shape index (κ2) is 13.2. The largest absolute Gasteiger partial charge is 0.389 e. The van der Waals surface area contributed by atoms with Crippen molar-refractivity contribution in [2.45, 2.75) is 46.8 Å². The van der Waals surface area contributed by atoms with E-state index in [-0.39, 0.29) is 12.4 Å². The van der Waals surface area contributed by atoms with Crippen LogP contribution in [-0.2, 0) is 16.0 Å². The summed E-state index contributed by atoms with van der Waals surface area (Å²) in [5.41, 5.74) is 1.77. The summed E-state index contributed by atoms with van der Waals surface area (Å²) in [4.78, 5) is 4.31. The second-order valence-corrected chi connectivity index (χ2v) is 9.90. The number of aliphatic hydroxyl groups excluding tert-OH is 1. The summed E-state index contributed by atoms with van der Waals surface area (Å²) in [6.07, 6.45) is 0.363. The fraction of sp³-hybridized carbons (Fsp3) is 0.654. The minimum atomic E-state index is -0.616. The number of anilines is 1. The fourth-order valence-electron chi connectivity index (χ4n) is 4.01. The Labute approximate surface area is 202 Å². The van der Waals surface area contributed by atoms with Crippen molar-refractivity contribution >= 4 is 5.88 Å². The molecule has 1 atom stereocenters. The van der Waals surface area contributed by atoms with E-state index in [0.29, 0.717) is 75.0 Å². The van der Waals surface area contributed by atoms with Crippen molar-refractivity contribution in [2.24, 2.45) is 11.8 Å². The second-order valence-electron chi connectivity index (χ2n) is 9.90. The number of nitrogens with zero attached hydrogens (tertiary/aromatic N) is 3. The molecule has 1 aliphatic heterocycles. The van der Waals surface area contributed by atoms with Gasteiger partial charge in [-0.2, -0.15) is 0 Å². The normalized spacial score (nSPS) is 15.6. The van der Waals surface area contributed by atoms with Crippen molar-refractivity contribution in [2.75, 3.05) is 57.5 Å². The average molecular weight is 478 g/mol. The maximum absolute atomic E-state index is 14.7. The highest BCUT2D eigenvalue weighted by atomic mass is 19.1. The Kier molecular flexibility index (Phi) is 10.3. The summed E-state index contributed by atoms with van der Waals surface area (Å²) in [5, 5.41) is 15.0. The Hall–Kier alpha value is -2.00. The quantitative estimate of drug-likeness (QED) is 0.464. The predicted octanol–water partition coefficient (Wildman–Crippen LogP) is 4.20. The molecular formula is C26H40FN3O4. The average Bonchev–Trinajstić information content (AvgIpc) is 3.21. The van der Waals surface area contributed by atoms with Gasteiger partial charge in [-0.25, -0.2) is 4.39 Å². The van der Waals surface area contributed by atoms with Gasteiger partial charge in [-0.1, -0.05) is 45.0 Å². The van der Waals surface area contributed by atoms with Crippen LogP contribution in [0.5, 0.6) is 0 Å². The topological polar surface area (TPSA) is 71.2 Å². The molecule has 1 fully saturated rings. The highest BCUT2D eigenvalue weighted by Gasteiger charge is 2.27. The summed E-state index contributed by atoms with van der Waals surface area (Å²) in [7, 11) is 0. The number of rotatable bonds is 13. The molecule has 190 valence electrons. The van der Waals surface area contributed by atoms with Gasteiger partial charge in [0.15, 0.2) is 0 Å². The van der Waals surface area contributed by atoms with E-state index >= 15 is 0 Å². The number of hydrogen-bond donors (Lipinski definition) is 1. The standard InChI is InChI=1S/C26H40FN3O4/c1-19(2)9-10-29(15-21(31)18-33-17-20(3)4)16-23-25(22-7-5-6-8-24(22)27)28-34-26(23)30-11-13-32-14-12-30/h5-8,19-21,31H,9-18H2,1-4H3. The van der Waals surface area contributed by atoms with Gasteiger partial charge in [-0.3, -0.25) is 4.90 Å². The van der Waals surface area contributed by atoms with Gasteiger partial charge in [-0.05, 0) is 36.9 Å². The zero-order chi connectivity index (χ0) is 24.5. The zero-order valence-electron chi connectivity index (χ0n) is 21.0. The molecule has 1 aromatic carbocycles. The van der Waals surface area contributed by atoms with Crippen LogP contribution in [0.3, 0.4) is 0 Å². The van der Waals surface area contributed by atoms with Crippen molar-refractivity contribution in [1.29, 1.82) is 0 Å². The van der Waals surface area contributed by atoms with Crippen molar-refractivity contribution < 1.29 is 23.5 Å². The fourth-order valence-corrected chi connectivity index (χ4v) is 4.01. The van der Waals surface area contributed by atoms with E-state index in [0.717, 1.165) is 18.5 Å². The molecule has 8 heteroatoms. The first-order chi connectivity index (χ1) is 16.3. The minimum absolute atomic E-state index is 0.288. The van der Waals surface area contributed by atoms with Gasteiger partial charge in [-0.15, -0.1) is 0 Å². The molecule has 0 bridgehead atoms. The highest BCUT2D eigenvalue weighted by Crippen LogP contribution is 2.34. The molecule has 1 N–H and O–H groups in total. The van der Waals surface area contributed by atoms with Crippen LogP contribution in [0.25, 0.3) is 11.3 Å². The number of benzene rings is 1. The maximum Gasteiger partial charge on any atom is 0.232 e. The molecule has 1 aromatic heterocycles. The molecule has 7 nitrogen and oxygen atoms in total. The van der Waals surface area contributed by atoms with E-state index in [1.54, 1.807) is 18.2 Å². The van der Waals surface area contributed by atoms with Crippen LogP contribution in [0.2, 0.25) is 0 Å². The van der Waals surface area contributed by atoms with Crippen molar-refractivity contribution in [3.8, 4) is 11.3 Å². The van der Waals surface area contributed by atoms with Gasteiger partial charge >= 0.3 is 0 Å². The lowest BCUT2D eigenvalue weighted by Crippen LogP contribution is -2.38. The van der Waals surface area contributed by atoms with E-state index < -0.39 is 6.10 Å². The third kappa shape index (κ3) is 7.77. The number of halogens is 1. The van der Waals surface area contributed by atoms with E-state index in [1.807, 2.05) is 0 Å². The number of morpholine rings is 1. The van der Waals surface area contributed by atoms with E-state index in [2.05, 4.69) is 42.7 Å². The van der Waals surface area contributed by atoms with Gasteiger partial charge in [0, 0.05) is 38.3 Å². The van der Waals surface area contributed by atoms with Crippen LogP contribution >= 0.6 is 0 Å². The third-order valence-corrected chi connectivity index (χ3v) is 5.83. The first-order valence-electron chi connectivity index (χ1n) is 12.4. The molecule has 2 heterocycles. The van der Waals surface area contributed by atoms with Gasteiger partial charge in [0.1, 0.15) is 11.5 Å². The monoisotopic (exact) mass is 477 g/mol. The number of ether oxygens (including phenoxy) is 2. The van der Waals surface area contributed by atoms with E-state index in [9.17, 15) is 9.50 Å². The minimum Gasteiger partial charge on any atom is -0.389 e. The molecule has 3 rings (SSSR count). The Morgan fingerprint density at radius 2 is 1.85 bits per heavy atom. The summed E-state index contributed by atoms with van der Waals surface area (Å²) in [6, 6.07) is 6.64. The first kappa shape index (κ1) is 26.6. The number of hydrogen-bond acceptors (Lipinski definition) is 7. The lowest BCUT2D eigenvalue weighted by atomic mass is 10.0. The van der Waals surface area contributed by atoms with Gasteiger partial charge in [0.2, 0.25) is 5.88 Å². The number of aromatic nitrogens is 1. The van der Waals surface area contributed by atoms with Gasteiger partial charge in [0.25, 0.3) is 0 Å². The van der Waals surface area contributed by atoms with E-state index in [1.165, 1.54) is 6.07 Å². The van der Waals surface area contributed by atoms with Crippen LogP contribution < -0.4 is 4.90 Å². The molecule has 0 spiro atoms. The SMILES string of the molecule is CC(C)CCN(Cc1c(-c2ccccc2F)noc1N1CCOCC1)CC(O)COCC(C)C. The number of aliphatic hydroxyl groups is 1. The summed E-state index contributed by atoms with van der Waals surface area (Å²) in [5.74, 6) is 1.26. The summed E-state index contributed by atoms with van der Waals surface area (Å²) >= 11 is 0. The Balaban J connectivity index is 1.86. The molecule has 1 unspecified atom stereocenters. The molecular weight excluding hydrogens is 437 g/mol. The molecule has 0 aliphatic carbocycles. The van der Waals surface area contributed by atoms with Crippen LogP contribution in [0.1, 0.15) is 39.7 Å². The van der Waals surface area contributed by atoms with Crippen LogP contribution in [0.15, 0.2) is 28.8 Å². The van der Waals surface area contributed by atoms with Crippen LogP contribution in [-0.4, -0.2) is 73.9 Å². The molecule has 0 radical (unpaired) electrons. The van der Waals surface area contributed by atoms with Crippen molar-refractivity contribution in [3.05, 3.63) is 35.6 Å². The van der Waals surface area contributed by atoms with Crippen LogP contribution in [0, 0.1) is 17.7 Å². The molecule has 0 saturated carbocycles. The molecule has 1 saturated heterocycles. The zero-order valence-corrected chi connectivity index (χ0v) is 21.0. The molecule has 1 aliphatic rings. The molecule has 0 amide bonds. The predicted molar refractivity (Wildman–Crippen MR) is 131 cm³/mol. The first-order valence-corrected chi connectivity index (χ1v) is 12.4. The third-order valence-electron chi connectivity index (χ3n) is 5.83. The van der Waals surface area contributed by atoms with Crippen molar-refractivity contribution in [1.82, 2.24) is 10.1 Å². The lowest BCUT2D eigenvalue weighted by Gasteiger charge is -2.29. The highest BCUT2D eigenvalue weighted by molar-refractivity contribution is 5.68. The van der Waals surface area contributed by atoms with Crippen LogP contribution in [0.4, 0.5) is 10.3 Å². The lowest BCUT2D eigenvalue weighted by molar-refractivity contribution is 0.00629. The Morgan fingerprint density at radius 3 is 2.53 bits per heavy atom. The molecule has 34 heavy (non-hydrogen) atoms.